The van der Waals surface area contributed by atoms with E-state index in [9.17, 15) is 9.90 Å². The van der Waals surface area contributed by atoms with Crippen molar-refractivity contribution in [2.24, 2.45) is 5.41 Å². The fraction of sp³-hybridized carbons (Fsp3) is 0.474. The Kier molecular flexibility index (Phi) is 6.20. The molecular weight excluding hydrogens is 318 g/mol. The van der Waals surface area contributed by atoms with Crippen molar-refractivity contribution >= 4 is 5.91 Å². The molecule has 6 heteroatoms. The SMILES string of the molecule is CCC(CC)(CO)CNC(=O)c1cc(C)n(-c2ccc(OC)cc2)n1. The van der Waals surface area contributed by atoms with Crippen LogP contribution in [0.3, 0.4) is 0 Å². The first kappa shape index (κ1) is 19.0. The van der Waals surface area contributed by atoms with Crippen molar-refractivity contribution in [1.29, 1.82) is 0 Å². The van der Waals surface area contributed by atoms with Crippen LogP contribution in [0.25, 0.3) is 5.69 Å². The van der Waals surface area contributed by atoms with Gasteiger partial charge in [0, 0.05) is 17.7 Å². The predicted octanol–water partition coefficient (Wildman–Crippen LogP) is 2.72. The van der Waals surface area contributed by atoms with Gasteiger partial charge in [0.25, 0.3) is 5.91 Å². The number of ether oxygens (including phenoxy) is 1. The molecule has 2 rings (SSSR count). The average molecular weight is 345 g/mol. The lowest BCUT2D eigenvalue weighted by Gasteiger charge is -2.29. The Morgan fingerprint density at radius 3 is 2.44 bits per heavy atom. The van der Waals surface area contributed by atoms with Crippen LogP contribution in [0.5, 0.6) is 5.75 Å². The Labute approximate surface area is 148 Å². The summed E-state index contributed by atoms with van der Waals surface area (Å²) >= 11 is 0. The molecule has 0 bridgehead atoms. The van der Waals surface area contributed by atoms with Crippen molar-refractivity contribution in [3.05, 3.63) is 41.7 Å². The highest BCUT2D eigenvalue weighted by molar-refractivity contribution is 5.92. The maximum atomic E-state index is 12.4. The van der Waals surface area contributed by atoms with Crippen LogP contribution in [0.1, 0.15) is 42.9 Å². The number of benzene rings is 1. The zero-order valence-corrected chi connectivity index (χ0v) is 15.4. The Morgan fingerprint density at radius 1 is 1.28 bits per heavy atom. The molecule has 0 fully saturated rings. The van der Waals surface area contributed by atoms with Gasteiger partial charge in [0.05, 0.1) is 19.4 Å². The van der Waals surface area contributed by atoms with Gasteiger partial charge >= 0.3 is 0 Å². The highest BCUT2D eigenvalue weighted by atomic mass is 16.5. The quantitative estimate of drug-likeness (QED) is 0.771. The van der Waals surface area contributed by atoms with Gasteiger partial charge in [-0.1, -0.05) is 13.8 Å². The van der Waals surface area contributed by atoms with Crippen LogP contribution in [0.2, 0.25) is 0 Å². The van der Waals surface area contributed by atoms with Crippen LogP contribution >= 0.6 is 0 Å². The molecule has 2 aromatic rings. The Hall–Kier alpha value is -2.34. The molecule has 1 aromatic heterocycles. The summed E-state index contributed by atoms with van der Waals surface area (Å²) in [6.45, 7) is 6.44. The van der Waals surface area contributed by atoms with Gasteiger partial charge < -0.3 is 15.2 Å². The first-order valence-electron chi connectivity index (χ1n) is 8.58. The fourth-order valence-electron chi connectivity index (χ4n) is 2.71. The van der Waals surface area contributed by atoms with Crippen molar-refractivity contribution in [3.63, 3.8) is 0 Å². The molecule has 0 aliphatic rings. The summed E-state index contributed by atoms with van der Waals surface area (Å²) in [5.74, 6) is 0.543. The van der Waals surface area contributed by atoms with Crippen LogP contribution < -0.4 is 10.1 Å². The van der Waals surface area contributed by atoms with Gasteiger partial charge in [-0.25, -0.2) is 4.68 Å². The largest absolute Gasteiger partial charge is 0.497 e. The maximum absolute atomic E-state index is 12.4. The summed E-state index contributed by atoms with van der Waals surface area (Å²) in [6.07, 6.45) is 1.61. The van der Waals surface area contributed by atoms with Crippen LogP contribution in [-0.4, -0.2) is 41.1 Å². The number of hydrogen-bond acceptors (Lipinski definition) is 4. The van der Waals surface area contributed by atoms with Crippen molar-refractivity contribution in [2.75, 3.05) is 20.3 Å². The highest BCUT2D eigenvalue weighted by Crippen LogP contribution is 2.24. The molecule has 0 atom stereocenters. The van der Waals surface area contributed by atoms with Gasteiger partial charge in [-0.3, -0.25) is 4.79 Å². The lowest BCUT2D eigenvalue weighted by atomic mass is 9.83. The van der Waals surface area contributed by atoms with Gasteiger partial charge in [-0.05, 0) is 50.1 Å². The van der Waals surface area contributed by atoms with Crippen LogP contribution in [0, 0.1) is 12.3 Å². The third-order valence-electron chi connectivity index (χ3n) is 4.90. The normalized spacial score (nSPS) is 11.4. The number of aryl methyl sites for hydroxylation is 1. The zero-order chi connectivity index (χ0) is 18.4. The minimum atomic E-state index is -0.275. The zero-order valence-electron chi connectivity index (χ0n) is 15.4. The van der Waals surface area contributed by atoms with Crippen LogP contribution in [0.4, 0.5) is 0 Å². The Balaban J connectivity index is 2.14. The van der Waals surface area contributed by atoms with Crippen molar-refractivity contribution in [1.82, 2.24) is 15.1 Å². The second-order valence-corrected chi connectivity index (χ2v) is 6.33. The van der Waals surface area contributed by atoms with E-state index in [4.69, 9.17) is 4.74 Å². The summed E-state index contributed by atoms with van der Waals surface area (Å²) < 4.78 is 6.89. The second kappa shape index (κ2) is 8.16. The molecule has 6 nitrogen and oxygen atoms in total. The number of nitrogens with one attached hydrogen (secondary N) is 1. The number of methoxy groups -OCH3 is 1. The molecule has 0 saturated carbocycles. The summed E-state index contributed by atoms with van der Waals surface area (Å²) in [5.41, 5.74) is 1.83. The summed E-state index contributed by atoms with van der Waals surface area (Å²) in [4.78, 5) is 12.4. The van der Waals surface area contributed by atoms with E-state index < -0.39 is 0 Å². The van der Waals surface area contributed by atoms with Gasteiger partial charge in [0.1, 0.15) is 5.75 Å². The number of rotatable bonds is 8. The number of aromatic nitrogens is 2. The number of aliphatic hydroxyl groups is 1. The van der Waals surface area contributed by atoms with Gasteiger partial charge in [0.2, 0.25) is 0 Å². The smallest absolute Gasteiger partial charge is 0.271 e. The van der Waals surface area contributed by atoms with E-state index in [0.29, 0.717) is 12.2 Å². The van der Waals surface area contributed by atoms with E-state index in [-0.39, 0.29) is 17.9 Å². The monoisotopic (exact) mass is 345 g/mol. The van der Waals surface area contributed by atoms with Crippen molar-refractivity contribution in [3.8, 4) is 11.4 Å². The molecule has 1 aromatic carbocycles. The number of carbonyl (C=O) groups excluding carboxylic acids is 1. The molecule has 0 unspecified atom stereocenters. The molecular formula is C19H27N3O3. The fourth-order valence-corrected chi connectivity index (χ4v) is 2.71. The van der Waals surface area contributed by atoms with Crippen LogP contribution in [0.15, 0.2) is 30.3 Å². The summed E-state index contributed by atoms with van der Waals surface area (Å²) in [7, 11) is 1.62. The molecule has 25 heavy (non-hydrogen) atoms. The molecule has 0 aliphatic carbocycles. The lowest BCUT2D eigenvalue weighted by molar-refractivity contribution is 0.0846. The van der Waals surface area contributed by atoms with Crippen molar-refractivity contribution < 1.29 is 14.6 Å². The van der Waals surface area contributed by atoms with Gasteiger partial charge in [0.15, 0.2) is 5.69 Å². The maximum Gasteiger partial charge on any atom is 0.271 e. The molecule has 0 spiro atoms. The predicted molar refractivity (Wildman–Crippen MR) is 97.3 cm³/mol. The van der Waals surface area contributed by atoms with Gasteiger partial charge in [-0.15, -0.1) is 0 Å². The number of carbonyl (C=O) groups is 1. The molecule has 0 saturated heterocycles. The number of amides is 1. The van der Waals surface area contributed by atoms with E-state index >= 15 is 0 Å². The molecule has 1 amide bonds. The lowest BCUT2D eigenvalue weighted by Crippen LogP contribution is -2.39. The van der Waals surface area contributed by atoms with E-state index in [0.717, 1.165) is 30.0 Å². The first-order valence-corrected chi connectivity index (χ1v) is 8.58. The molecule has 2 N–H and O–H groups in total. The van der Waals surface area contributed by atoms with E-state index in [1.807, 2.05) is 45.0 Å². The third kappa shape index (κ3) is 4.20. The summed E-state index contributed by atoms with van der Waals surface area (Å²) in [5, 5.41) is 16.9. The number of hydrogen-bond donors (Lipinski definition) is 2. The van der Waals surface area contributed by atoms with Gasteiger partial charge in [-0.2, -0.15) is 5.10 Å². The third-order valence-corrected chi connectivity index (χ3v) is 4.90. The average Bonchev–Trinajstić information content (AvgIpc) is 3.05. The Bertz CT molecular complexity index is 695. The van der Waals surface area contributed by atoms with E-state index in [1.54, 1.807) is 17.9 Å². The highest BCUT2D eigenvalue weighted by Gasteiger charge is 2.26. The first-order chi connectivity index (χ1) is 12.0. The van der Waals surface area contributed by atoms with Crippen molar-refractivity contribution in [2.45, 2.75) is 33.6 Å². The molecule has 1 heterocycles. The summed E-state index contributed by atoms with van der Waals surface area (Å²) in [6, 6.07) is 9.26. The topological polar surface area (TPSA) is 76.4 Å². The molecule has 0 aliphatic heterocycles. The minimum absolute atomic E-state index is 0.0552. The standard InChI is InChI=1S/C19H27N3O3/c1-5-19(6-2,13-23)12-20-18(24)17-11-14(3)22(21-17)15-7-9-16(25-4)10-8-15/h7-11,23H,5-6,12-13H2,1-4H3,(H,20,24). The second-order valence-electron chi connectivity index (χ2n) is 6.33. The number of aliphatic hydroxyl groups excluding tert-OH is 1. The van der Waals surface area contributed by atoms with E-state index in [2.05, 4.69) is 10.4 Å². The number of nitrogens with zero attached hydrogens (tertiary/aromatic N) is 2. The van der Waals surface area contributed by atoms with E-state index in [1.165, 1.54) is 0 Å². The molecule has 136 valence electrons. The molecule has 0 radical (unpaired) electrons. The van der Waals surface area contributed by atoms with Crippen LogP contribution in [-0.2, 0) is 0 Å². The Morgan fingerprint density at radius 2 is 1.92 bits per heavy atom. The minimum Gasteiger partial charge on any atom is -0.497 e.